The monoisotopic (exact) mass is 302 g/mol. The molecule has 0 spiro atoms. The van der Waals surface area contributed by atoms with Gasteiger partial charge in [-0.05, 0) is 51.1 Å². The number of hydrogen-bond donors (Lipinski definition) is 1. The minimum atomic E-state index is -3.06. The standard InChI is InChI=1S/C15H30N2O2S/c1-2-17(15-6-4-3-5-7-15)20(18,19)13-10-14-8-11-16-12-9-14/h14-16H,2-13H2,1H3. The molecule has 0 aromatic carbocycles. The van der Waals surface area contributed by atoms with Crippen molar-refractivity contribution < 1.29 is 8.42 Å². The molecule has 2 rings (SSSR count). The van der Waals surface area contributed by atoms with Gasteiger partial charge in [0.15, 0.2) is 0 Å². The summed E-state index contributed by atoms with van der Waals surface area (Å²) in [7, 11) is -3.06. The summed E-state index contributed by atoms with van der Waals surface area (Å²) in [5, 5.41) is 3.34. The van der Waals surface area contributed by atoms with Crippen LogP contribution in [0.3, 0.4) is 0 Å². The Morgan fingerprint density at radius 2 is 1.70 bits per heavy atom. The lowest BCUT2D eigenvalue weighted by Gasteiger charge is -2.33. The minimum absolute atomic E-state index is 0.270. The SMILES string of the molecule is CCN(C1CCCCC1)S(=O)(=O)CCC1CCNCC1. The molecule has 0 amide bonds. The van der Waals surface area contributed by atoms with Gasteiger partial charge in [0, 0.05) is 12.6 Å². The molecule has 5 heteroatoms. The summed E-state index contributed by atoms with van der Waals surface area (Å²) in [6.07, 6.45) is 8.85. The van der Waals surface area contributed by atoms with E-state index in [2.05, 4.69) is 5.32 Å². The molecule has 1 aliphatic heterocycles. The first kappa shape index (κ1) is 16.2. The highest BCUT2D eigenvalue weighted by Crippen LogP contribution is 2.26. The van der Waals surface area contributed by atoms with Crippen LogP contribution in [-0.2, 0) is 10.0 Å². The molecule has 0 aromatic rings. The van der Waals surface area contributed by atoms with E-state index in [9.17, 15) is 8.42 Å². The average Bonchev–Trinajstić information content (AvgIpc) is 2.48. The second-order valence-corrected chi connectivity index (χ2v) is 8.33. The first-order valence-electron chi connectivity index (χ1n) is 8.33. The summed E-state index contributed by atoms with van der Waals surface area (Å²) < 4.78 is 27.0. The Balaban J connectivity index is 1.88. The van der Waals surface area contributed by atoms with Gasteiger partial charge >= 0.3 is 0 Å². The molecule has 0 atom stereocenters. The van der Waals surface area contributed by atoms with Crippen molar-refractivity contribution in [3.05, 3.63) is 0 Å². The van der Waals surface area contributed by atoms with E-state index in [0.717, 1.165) is 45.2 Å². The number of hydrogen-bond acceptors (Lipinski definition) is 3. The Hall–Kier alpha value is -0.130. The van der Waals surface area contributed by atoms with Gasteiger partial charge in [-0.1, -0.05) is 26.2 Å². The third-order valence-electron chi connectivity index (χ3n) is 4.89. The summed E-state index contributed by atoms with van der Waals surface area (Å²) in [6, 6.07) is 0.270. The Bertz CT molecular complexity index is 371. The van der Waals surface area contributed by atoms with E-state index in [4.69, 9.17) is 0 Å². The number of nitrogens with one attached hydrogen (secondary N) is 1. The van der Waals surface area contributed by atoms with E-state index in [1.54, 1.807) is 4.31 Å². The van der Waals surface area contributed by atoms with Crippen molar-refractivity contribution in [3.63, 3.8) is 0 Å². The van der Waals surface area contributed by atoms with Crippen LogP contribution in [0.1, 0.15) is 58.3 Å². The maximum absolute atomic E-state index is 12.6. The highest BCUT2D eigenvalue weighted by Gasteiger charge is 2.30. The zero-order valence-corrected chi connectivity index (χ0v) is 13.6. The van der Waals surface area contributed by atoms with Crippen LogP contribution in [0.15, 0.2) is 0 Å². The lowest BCUT2D eigenvalue weighted by atomic mass is 9.95. The van der Waals surface area contributed by atoms with Gasteiger partial charge in [0.05, 0.1) is 5.75 Å². The van der Waals surface area contributed by atoms with E-state index < -0.39 is 10.0 Å². The average molecular weight is 302 g/mol. The van der Waals surface area contributed by atoms with Crippen molar-refractivity contribution in [1.82, 2.24) is 9.62 Å². The van der Waals surface area contributed by atoms with E-state index in [-0.39, 0.29) is 6.04 Å². The highest BCUT2D eigenvalue weighted by molar-refractivity contribution is 7.89. The Morgan fingerprint density at radius 1 is 1.05 bits per heavy atom. The van der Waals surface area contributed by atoms with E-state index in [0.29, 0.717) is 18.2 Å². The lowest BCUT2D eigenvalue weighted by Crippen LogP contribution is -2.42. The number of sulfonamides is 1. The molecule has 118 valence electrons. The maximum atomic E-state index is 12.6. The lowest BCUT2D eigenvalue weighted by molar-refractivity contribution is 0.260. The smallest absolute Gasteiger partial charge is 0.214 e. The summed E-state index contributed by atoms with van der Waals surface area (Å²) in [6.45, 7) is 4.71. The zero-order valence-electron chi connectivity index (χ0n) is 12.8. The molecule has 0 bridgehead atoms. The van der Waals surface area contributed by atoms with Gasteiger partial charge in [0.1, 0.15) is 0 Å². The van der Waals surface area contributed by atoms with Gasteiger partial charge in [-0.15, -0.1) is 0 Å². The first-order chi connectivity index (χ1) is 9.63. The minimum Gasteiger partial charge on any atom is -0.317 e. The predicted molar refractivity (Wildman–Crippen MR) is 83.3 cm³/mol. The number of piperidine rings is 1. The first-order valence-corrected chi connectivity index (χ1v) is 9.94. The molecule has 1 saturated heterocycles. The van der Waals surface area contributed by atoms with E-state index in [1.165, 1.54) is 19.3 Å². The number of rotatable bonds is 6. The van der Waals surface area contributed by atoms with Crippen LogP contribution in [0.5, 0.6) is 0 Å². The molecular weight excluding hydrogens is 272 g/mol. The van der Waals surface area contributed by atoms with Gasteiger partial charge < -0.3 is 5.32 Å². The molecule has 0 radical (unpaired) electrons. The second-order valence-electron chi connectivity index (χ2n) is 6.29. The molecule has 1 heterocycles. The fourth-order valence-electron chi connectivity index (χ4n) is 3.65. The number of nitrogens with zero attached hydrogens (tertiary/aromatic N) is 1. The van der Waals surface area contributed by atoms with Crippen molar-refractivity contribution in [2.45, 2.75) is 64.3 Å². The van der Waals surface area contributed by atoms with Gasteiger partial charge in [0.2, 0.25) is 10.0 Å². The molecule has 1 saturated carbocycles. The van der Waals surface area contributed by atoms with Crippen LogP contribution in [0, 0.1) is 5.92 Å². The fourth-order valence-corrected chi connectivity index (χ4v) is 5.58. The molecule has 2 fully saturated rings. The summed E-state index contributed by atoms with van der Waals surface area (Å²) >= 11 is 0. The summed E-state index contributed by atoms with van der Waals surface area (Å²) in [5.74, 6) is 0.943. The molecule has 1 N–H and O–H groups in total. The van der Waals surface area contributed by atoms with Gasteiger partial charge in [-0.3, -0.25) is 0 Å². The van der Waals surface area contributed by atoms with Crippen LogP contribution in [0.25, 0.3) is 0 Å². The van der Waals surface area contributed by atoms with Gasteiger partial charge in [-0.25, -0.2) is 8.42 Å². The zero-order chi connectivity index (χ0) is 14.4. The molecule has 0 unspecified atom stereocenters. The van der Waals surface area contributed by atoms with Crippen LogP contribution in [0.4, 0.5) is 0 Å². The van der Waals surface area contributed by atoms with Crippen LogP contribution in [-0.4, -0.2) is 44.2 Å². The van der Waals surface area contributed by atoms with Crippen LogP contribution < -0.4 is 5.32 Å². The van der Waals surface area contributed by atoms with Crippen molar-refractivity contribution in [2.75, 3.05) is 25.4 Å². The van der Waals surface area contributed by atoms with Crippen molar-refractivity contribution in [3.8, 4) is 0 Å². The Morgan fingerprint density at radius 3 is 2.30 bits per heavy atom. The normalized spacial score (nSPS) is 23.3. The van der Waals surface area contributed by atoms with Gasteiger partial charge in [0.25, 0.3) is 0 Å². The third-order valence-corrected chi connectivity index (χ3v) is 6.92. The van der Waals surface area contributed by atoms with Crippen LogP contribution >= 0.6 is 0 Å². The molecule has 2 aliphatic rings. The summed E-state index contributed by atoms with van der Waals surface area (Å²) in [4.78, 5) is 0. The van der Waals surface area contributed by atoms with Crippen molar-refractivity contribution in [2.24, 2.45) is 5.92 Å². The predicted octanol–water partition coefficient (Wildman–Crippen LogP) is 2.36. The molecule has 4 nitrogen and oxygen atoms in total. The topological polar surface area (TPSA) is 49.4 Å². The molecule has 0 aromatic heterocycles. The Kier molecular flexibility index (Phi) is 6.30. The highest BCUT2D eigenvalue weighted by atomic mass is 32.2. The Labute approximate surface area is 124 Å². The van der Waals surface area contributed by atoms with E-state index in [1.807, 2.05) is 6.92 Å². The van der Waals surface area contributed by atoms with Gasteiger partial charge in [-0.2, -0.15) is 4.31 Å². The maximum Gasteiger partial charge on any atom is 0.214 e. The largest absolute Gasteiger partial charge is 0.317 e. The molecular formula is C15H30N2O2S. The molecule has 20 heavy (non-hydrogen) atoms. The third kappa shape index (κ3) is 4.43. The fraction of sp³-hybridized carbons (Fsp3) is 1.00. The van der Waals surface area contributed by atoms with Crippen molar-refractivity contribution in [1.29, 1.82) is 0 Å². The van der Waals surface area contributed by atoms with E-state index >= 15 is 0 Å². The summed E-state index contributed by atoms with van der Waals surface area (Å²) in [5.41, 5.74) is 0. The van der Waals surface area contributed by atoms with Crippen molar-refractivity contribution >= 4 is 10.0 Å². The molecule has 1 aliphatic carbocycles. The quantitative estimate of drug-likeness (QED) is 0.819. The van der Waals surface area contributed by atoms with Crippen LogP contribution in [0.2, 0.25) is 0 Å². The second kappa shape index (κ2) is 7.76.